The molecule has 1 saturated heterocycles. The number of hydrogen-bond donors (Lipinski definition) is 1. The van der Waals surface area contributed by atoms with Crippen LogP contribution in [0.5, 0.6) is 0 Å². The average Bonchev–Trinajstić information content (AvgIpc) is 3.22. The molecule has 2 aromatic rings. The van der Waals surface area contributed by atoms with Gasteiger partial charge in [0.05, 0.1) is 5.25 Å². The summed E-state index contributed by atoms with van der Waals surface area (Å²) in [7, 11) is 0. The van der Waals surface area contributed by atoms with E-state index in [9.17, 15) is 9.59 Å². The highest BCUT2D eigenvalue weighted by Gasteiger charge is 2.31. The number of urea groups is 1. The molecular formula is C17H18ClN5O2S. The van der Waals surface area contributed by atoms with Gasteiger partial charge in [-0.2, -0.15) is 0 Å². The second kappa shape index (κ2) is 7.92. The molecule has 1 N–H and O–H groups in total. The molecule has 0 saturated carbocycles. The summed E-state index contributed by atoms with van der Waals surface area (Å²) < 4.78 is 1.88. The normalized spacial score (nSPS) is 15.0. The van der Waals surface area contributed by atoms with Gasteiger partial charge in [-0.05, 0) is 31.2 Å². The van der Waals surface area contributed by atoms with Gasteiger partial charge in [-0.25, -0.2) is 4.79 Å². The van der Waals surface area contributed by atoms with E-state index in [2.05, 4.69) is 22.1 Å². The lowest BCUT2D eigenvalue weighted by Crippen LogP contribution is -2.39. The fourth-order valence-corrected chi connectivity index (χ4v) is 3.64. The predicted molar refractivity (Wildman–Crippen MR) is 101 cm³/mol. The summed E-state index contributed by atoms with van der Waals surface area (Å²) in [5, 5.41) is 11.9. The third-order valence-electron chi connectivity index (χ3n) is 3.88. The molecule has 3 amide bonds. The van der Waals surface area contributed by atoms with Crippen LogP contribution in [0.15, 0.2) is 42.1 Å². The lowest BCUT2D eigenvalue weighted by Gasteiger charge is -2.17. The second-order valence-electron chi connectivity index (χ2n) is 5.69. The van der Waals surface area contributed by atoms with E-state index in [0.717, 1.165) is 5.56 Å². The zero-order valence-electron chi connectivity index (χ0n) is 14.2. The molecule has 3 rings (SSSR count). The van der Waals surface area contributed by atoms with Crippen LogP contribution >= 0.6 is 23.4 Å². The molecule has 0 radical (unpaired) electrons. The van der Waals surface area contributed by atoms with Crippen molar-refractivity contribution in [1.29, 1.82) is 0 Å². The van der Waals surface area contributed by atoms with Crippen LogP contribution in [-0.4, -0.2) is 49.9 Å². The van der Waals surface area contributed by atoms with Gasteiger partial charge in [0.25, 0.3) is 0 Å². The molecule has 1 aromatic carbocycles. The summed E-state index contributed by atoms with van der Waals surface area (Å²) in [6.07, 6.45) is 1.74. The second-order valence-corrected chi connectivity index (χ2v) is 7.44. The molecule has 1 fully saturated rings. The zero-order valence-corrected chi connectivity index (χ0v) is 15.8. The Morgan fingerprint density at radius 1 is 1.42 bits per heavy atom. The van der Waals surface area contributed by atoms with Gasteiger partial charge in [0, 0.05) is 30.2 Å². The van der Waals surface area contributed by atoms with Crippen molar-refractivity contribution in [3.8, 4) is 11.4 Å². The Bertz CT molecular complexity index is 836. The highest BCUT2D eigenvalue weighted by atomic mass is 35.5. The first kappa shape index (κ1) is 18.5. The van der Waals surface area contributed by atoms with Gasteiger partial charge in [-0.1, -0.05) is 29.4 Å². The van der Waals surface area contributed by atoms with Crippen molar-refractivity contribution < 1.29 is 9.59 Å². The van der Waals surface area contributed by atoms with Crippen LogP contribution in [-0.2, 0) is 11.3 Å². The number of amides is 3. The molecule has 1 atom stereocenters. The molecule has 0 bridgehead atoms. The Labute approximate surface area is 160 Å². The van der Waals surface area contributed by atoms with E-state index in [1.807, 2.05) is 16.7 Å². The molecule has 0 spiro atoms. The molecule has 136 valence electrons. The predicted octanol–water partition coefficient (Wildman–Crippen LogP) is 2.82. The molecule has 7 nitrogen and oxygen atoms in total. The van der Waals surface area contributed by atoms with Crippen LogP contribution in [0.4, 0.5) is 4.79 Å². The number of rotatable bonds is 6. The van der Waals surface area contributed by atoms with Gasteiger partial charge >= 0.3 is 6.03 Å². The van der Waals surface area contributed by atoms with E-state index in [1.165, 1.54) is 16.7 Å². The number of halogens is 1. The van der Waals surface area contributed by atoms with Gasteiger partial charge in [0.1, 0.15) is 0 Å². The number of aromatic nitrogens is 3. The highest BCUT2D eigenvalue weighted by Crippen LogP contribution is 2.28. The van der Waals surface area contributed by atoms with E-state index in [0.29, 0.717) is 35.6 Å². The highest BCUT2D eigenvalue weighted by molar-refractivity contribution is 8.00. The van der Waals surface area contributed by atoms with Crippen molar-refractivity contribution in [2.24, 2.45) is 0 Å². The number of carbonyl (C=O) groups excluding carboxylic acids is 2. The van der Waals surface area contributed by atoms with Crippen molar-refractivity contribution >= 4 is 35.3 Å². The smallest absolute Gasteiger partial charge is 0.324 e. The zero-order chi connectivity index (χ0) is 18.7. The summed E-state index contributed by atoms with van der Waals surface area (Å²) in [6, 6.07) is 6.95. The number of hydrogen-bond acceptors (Lipinski definition) is 5. The Morgan fingerprint density at radius 3 is 2.77 bits per heavy atom. The van der Waals surface area contributed by atoms with Crippen LogP contribution in [0.1, 0.15) is 6.92 Å². The SMILES string of the molecule is C=CCn1c(SC(C)C(=O)N2CCNC2=O)nnc1-c1ccc(Cl)cc1. The van der Waals surface area contributed by atoms with Crippen molar-refractivity contribution in [1.82, 2.24) is 25.0 Å². The van der Waals surface area contributed by atoms with Crippen molar-refractivity contribution in [3.05, 3.63) is 41.9 Å². The molecular weight excluding hydrogens is 374 g/mol. The maximum atomic E-state index is 12.5. The summed E-state index contributed by atoms with van der Waals surface area (Å²) >= 11 is 7.22. The number of benzene rings is 1. The third-order valence-corrected chi connectivity index (χ3v) is 5.20. The number of imide groups is 1. The average molecular weight is 392 g/mol. The van der Waals surface area contributed by atoms with Crippen LogP contribution in [0.3, 0.4) is 0 Å². The Kier molecular flexibility index (Phi) is 5.63. The van der Waals surface area contributed by atoms with E-state index in [4.69, 9.17) is 11.6 Å². The Balaban J connectivity index is 1.83. The minimum Gasteiger partial charge on any atom is -0.336 e. The Morgan fingerprint density at radius 2 is 2.15 bits per heavy atom. The lowest BCUT2D eigenvalue weighted by molar-refractivity contribution is -0.126. The number of allylic oxidation sites excluding steroid dienone is 1. The standard InChI is InChI=1S/C17H18ClN5O2S/c1-3-9-22-14(12-4-6-13(18)7-5-12)20-21-17(22)26-11(2)15(24)23-10-8-19-16(23)25/h3-7,11H,1,8-10H2,2H3,(H,19,25). The van der Waals surface area contributed by atoms with Gasteiger partial charge in [-0.3, -0.25) is 14.3 Å². The fourth-order valence-electron chi connectivity index (χ4n) is 2.59. The van der Waals surface area contributed by atoms with E-state index >= 15 is 0 Å². The van der Waals surface area contributed by atoms with Crippen LogP contribution in [0.25, 0.3) is 11.4 Å². The van der Waals surface area contributed by atoms with Gasteiger partial charge in [0.15, 0.2) is 11.0 Å². The van der Waals surface area contributed by atoms with Crippen LogP contribution in [0.2, 0.25) is 5.02 Å². The fraction of sp³-hybridized carbons (Fsp3) is 0.294. The topological polar surface area (TPSA) is 80.1 Å². The minimum atomic E-state index is -0.468. The van der Waals surface area contributed by atoms with Crippen LogP contribution in [0, 0.1) is 0 Å². The molecule has 1 aliphatic heterocycles. The lowest BCUT2D eigenvalue weighted by atomic mass is 10.2. The molecule has 1 unspecified atom stereocenters. The number of nitrogens with zero attached hydrogens (tertiary/aromatic N) is 4. The molecule has 26 heavy (non-hydrogen) atoms. The summed E-state index contributed by atoms with van der Waals surface area (Å²) in [5.41, 5.74) is 0.869. The van der Waals surface area contributed by atoms with Crippen molar-refractivity contribution in [2.75, 3.05) is 13.1 Å². The molecule has 1 aromatic heterocycles. The van der Waals surface area contributed by atoms with Gasteiger partial charge < -0.3 is 5.32 Å². The van der Waals surface area contributed by atoms with Gasteiger partial charge in [-0.15, -0.1) is 16.8 Å². The van der Waals surface area contributed by atoms with E-state index in [1.54, 1.807) is 25.1 Å². The first-order valence-electron chi connectivity index (χ1n) is 8.07. The maximum absolute atomic E-state index is 12.5. The van der Waals surface area contributed by atoms with E-state index in [-0.39, 0.29) is 11.9 Å². The molecule has 2 heterocycles. The summed E-state index contributed by atoms with van der Waals surface area (Å²) in [5.74, 6) is 0.425. The minimum absolute atomic E-state index is 0.244. The Hall–Kier alpha value is -2.32. The number of nitrogens with one attached hydrogen (secondary N) is 1. The molecule has 1 aliphatic rings. The first-order valence-corrected chi connectivity index (χ1v) is 9.33. The number of thioether (sulfide) groups is 1. The number of carbonyl (C=O) groups is 2. The van der Waals surface area contributed by atoms with Gasteiger partial charge in [0.2, 0.25) is 5.91 Å². The largest absolute Gasteiger partial charge is 0.336 e. The first-order chi connectivity index (χ1) is 12.5. The van der Waals surface area contributed by atoms with E-state index < -0.39 is 5.25 Å². The van der Waals surface area contributed by atoms with Crippen molar-refractivity contribution in [3.63, 3.8) is 0 Å². The van der Waals surface area contributed by atoms with Crippen molar-refractivity contribution in [2.45, 2.75) is 23.9 Å². The molecule has 9 heteroatoms. The third kappa shape index (κ3) is 3.76. The summed E-state index contributed by atoms with van der Waals surface area (Å²) in [4.78, 5) is 25.4. The molecule has 0 aliphatic carbocycles. The quantitative estimate of drug-likeness (QED) is 0.605. The van der Waals surface area contributed by atoms with Crippen LogP contribution < -0.4 is 5.32 Å². The maximum Gasteiger partial charge on any atom is 0.324 e. The summed E-state index contributed by atoms with van der Waals surface area (Å²) in [6.45, 7) is 6.90. The monoisotopic (exact) mass is 391 g/mol.